The van der Waals surface area contributed by atoms with E-state index in [1.165, 1.54) is 0 Å². The highest BCUT2D eigenvalue weighted by Crippen LogP contribution is 2.34. The van der Waals surface area contributed by atoms with Gasteiger partial charge in [-0.2, -0.15) is 0 Å². The van der Waals surface area contributed by atoms with Crippen molar-refractivity contribution in [1.82, 2.24) is 9.96 Å². The van der Waals surface area contributed by atoms with Gasteiger partial charge in [-0.1, -0.05) is 0 Å². The molecule has 1 saturated heterocycles. The van der Waals surface area contributed by atoms with Crippen LogP contribution >= 0.6 is 0 Å². The second-order valence-corrected chi connectivity index (χ2v) is 6.73. The summed E-state index contributed by atoms with van der Waals surface area (Å²) in [6, 6.07) is 0. The van der Waals surface area contributed by atoms with Gasteiger partial charge in [-0.3, -0.25) is 4.79 Å². The first-order chi connectivity index (χ1) is 6.90. The first-order valence-electron chi connectivity index (χ1n) is 5.70. The lowest BCUT2D eigenvalue weighted by Gasteiger charge is -2.54. The molecule has 1 amide bonds. The summed E-state index contributed by atoms with van der Waals surface area (Å²) in [7, 11) is 0. The molecule has 1 fully saturated rings. The molecule has 1 aliphatic rings. The number of piperazine rings is 1. The zero-order chi connectivity index (χ0) is 12.9. The average Bonchev–Trinajstić information content (AvgIpc) is 2.08. The molecular weight excluding hydrogens is 204 g/mol. The Morgan fingerprint density at radius 1 is 1.12 bits per heavy atom. The van der Waals surface area contributed by atoms with Crippen molar-refractivity contribution in [2.75, 3.05) is 6.54 Å². The van der Waals surface area contributed by atoms with Crippen molar-refractivity contribution in [3.8, 4) is 0 Å². The average molecular weight is 227 g/mol. The van der Waals surface area contributed by atoms with E-state index in [4.69, 9.17) is 0 Å². The van der Waals surface area contributed by atoms with Crippen LogP contribution in [-0.2, 0) is 10.0 Å². The molecule has 1 aliphatic heterocycles. The van der Waals surface area contributed by atoms with Crippen molar-refractivity contribution < 1.29 is 10.0 Å². The molecule has 0 aromatic carbocycles. The fourth-order valence-corrected chi connectivity index (χ4v) is 2.24. The van der Waals surface area contributed by atoms with Crippen molar-refractivity contribution in [1.29, 1.82) is 0 Å². The van der Waals surface area contributed by atoms with Gasteiger partial charge in [0.1, 0.15) is 5.54 Å². The van der Waals surface area contributed by atoms with E-state index in [2.05, 4.69) is 0 Å². The summed E-state index contributed by atoms with van der Waals surface area (Å²) in [5.74, 6) is -0.0886. The molecule has 0 aromatic rings. The number of hydrogen-bond acceptors (Lipinski definition) is 2. The van der Waals surface area contributed by atoms with E-state index in [-0.39, 0.29) is 11.4 Å². The maximum absolute atomic E-state index is 12.3. The minimum absolute atomic E-state index is 0.0886. The SMILES string of the molecule is CC(C)(C)N1CC(C)(C)N([O])C(C)(C)C1=O. The lowest BCUT2D eigenvalue weighted by atomic mass is 9.86. The number of nitrogens with zero attached hydrogens (tertiary/aromatic N) is 2. The Morgan fingerprint density at radius 2 is 1.56 bits per heavy atom. The maximum Gasteiger partial charge on any atom is 0.245 e. The molecule has 0 bridgehead atoms. The molecule has 4 nitrogen and oxygen atoms in total. The molecule has 4 heteroatoms. The van der Waals surface area contributed by atoms with Crippen molar-refractivity contribution in [3.63, 3.8) is 0 Å². The van der Waals surface area contributed by atoms with Crippen LogP contribution in [0.2, 0.25) is 0 Å². The molecule has 0 atom stereocenters. The smallest absolute Gasteiger partial charge is 0.245 e. The Kier molecular flexibility index (Phi) is 2.89. The van der Waals surface area contributed by atoms with Crippen LogP contribution in [0.5, 0.6) is 0 Å². The summed E-state index contributed by atoms with van der Waals surface area (Å²) in [5.41, 5.74) is -1.76. The van der Waals surface area contributed by atoms with Crippen LogP contribution in [0.3, 0.4) is 0 Å². The Bertz CT molecular complexity index is 303. The van der Waals surface area contributed by atoms with Crippen LogP contribution in [0.4, 0.5) is 0 Å². The third-order valence-electron chi connectivity index (χ3n) is 3.18. The second kappa shape index (κ2) is 3.44. The Labute approximate surface area is 98.2 Å². The fourth-order valence-electron chi connectivity index (χ4n) is 2.24. The van der Waals surface area contributed by atoms with Gasteiger partial charge in [-0.15, -0.1) is 10.3 Å². The van der Waals surface area contributed by atoms with E-state index in [9.17, 15) is 10.0 Å². The molecule has 16 heavy (non-hydrogen) atoms. The Morgan fingerprint density at radius 3 is 1.94 bits per heavy atom. The van der Waals surface area contributed by atoms with Gasteiger partial charge in [0, 0.05) is 12.1 Å². The largest absolute Gasteiger partial charge is 0.334 e. The van der Waals surface area contributed by atoms with Crippen molar-refractivity contribution in [2.45, 2.75) is 65.1 Å². The highest BCUT2D eigenvalue weighted by Gasteiger charge is 2.53. The quantitative estimate of drug-likeness (QED) is 0.633. The maximum atomic E-state index is 12.3. The summed E-state index contributed by atoms with van der Waals surface area (Å²) in [6.07, 6.45) is 0. The molecule has 0 unspecified atom stereocenters. The lowest BCUT2D eigenvalue weighted by Crippen LogP contribution is -2.72. The van der Waals surface area contributed by atoms with E-state index in [0.29, 0.717) is 6.54 Å². The summed E-state index contributed by atoms with van der Waals surface area (Å²) >= 11 is 0. The Balaban J connectivity index is 3.16. The minimum atomic E-state index is -0.977. The van der Waals surface area contributed by atoms with Crippen LogP contribution < -0.4 is 0 Å². The van der Waals surface area contributed by atoms with Gasteiger partial charge in [0.25, 0.3) is 0 Å². The molecule has 0 N–H and O–H groups in total. The third kappa shape index (κ3) is 1.96. The zero-order valence-corrected chi connectivity index (χ0v) is 11.4. The summed E-state index contributed by atoms with van der Waals surface area (Å²) in [5, 5.41) is 13.1. The molecule has 1 radical (unpaired) electrons. The number of hydrogen-bond donors (Lipinski definition) is 0. The lowest BCUT2D eigenvalue weighted by molar-refractivity contribution is -0.288. The van der Waals surface area contributed by atoms with Crippen LogP contribution in [0, 0.1) is 0 Å². The van der Waals surface area contributed by atoms with Crippen molar-refractivity contribution in [3.05, 3.63) is 0 Å². The van der Waals surface area contributed by atoms with Gasteiger partial charge >= 0.3 is 0 Å². The van der Waals surface area contributed by atoms with Crippen LogP contribution in [-0.4, -0.2) is 39.0 Å². The predicted octanol–water partition coefficient (Wildman–Crippen LogP) is 1.83. The molecule has 1 heterocycles. The minimum Gasteiger partial charge on any atom is -0.334 e. The first kappa shape index (κ1) is 13.5. The molecule has 0 aromatic heterocycles. The van der Waals surface area contributed by atoms with Gasteiger partial charge in [0.15, 0.2) is 0 Å². The summed E-state index contributed by atoms with van der Waals surface area (Å²) in [4.78, 5) is 14.1. The van der Waals surface area contributed by atoms with Gasteiger partial charge in [0.2, 0.25) is 5.91 Å². The highest BCUT2D eigenvalue weighted by molar-refractivity contribution is 5.87. The molecule has 0 spiro atoms. The van der Waals surface area contributed by atoms with Gasteiger partial charge in [-0.25, -0.2) is 0 Å². The molecule has 0 saturated carbocycles. The van der Waals surface area contributed by atoms with E-state index in [0.717, 1.165) is 5.06 Å². The fraction of sp³-hybridized carbons (Fsp3) is 0.917. The predicted molar refractivity (Wildman–Crippen MR) is 62.1 cm³/mol. The van der Waals surface area contributed by atoms with Gasteiger partial charge < -0.3 is 4.90 Å². The second-order valence-electron chi connectivity index (χ2n) is 6.73. The number of carbonyl (C=O) groups excluding carboxylic acids is 1. The van der Waals surface area contributed by atoms with E-state index in [1.807, 2.05) is 34.6 Å². The summed E-state index contributed by atoms with van der Waals surface area (Å²) in [6.45, 7) is 13.6. The summed E-state index contributed by atoms with van der Waals surface area (Å²) < 4.78 is 0. The van der Waals surface area contributed by atoms with Gasteiger partial charge in [0.05, 0.1) is 5.54 Å². The highest BCUT2D eigenvalue weighted by atomic mass is 16.5. The van der Waals surface area contributed by atoms with Crippen LogP contribution in [0.25, 0.3) is 0 Å². The zero-order valence-electron chi connectivity index (χ0n) is 11.4. The van der Waals surface area contributed by atoms with E-state index >= 15 is 0 Å². The molecule has 93 valence electrons. The monoisotopic (exact) mass is 227 g/mol. The molecular formula is C12H23N2O2. The van der Waals surface area contributed by atoms with Crippen molar-refractivity contribution >= 4 is 5.91 Å². The van der Waals surface area contributed by atoms with Crippen LogP contribution in [0.1, 0.15) is 48.5 Å². The van der Waals surface area contributed by atoms with Gasteiger partial charge in [-0.05, 0) is 48.5 Å². The topological polar surface area (TPSA) is 43.5 Å². The standard InChI is InChI=1S/C12H23N2O2/c1-10(2,3)13-8-11(4,5)14(16)12(6,7)9(13)15/h8H2,1-7H3. The number of hydroxylamine groups is 2. The van der Waals surface area contributed by atoms with Crippen molar-refractivity contribution in [2.24, 2.45) is 0 Å². The van der Waals surface area contributed by atoms with E-state index < -0.39 is 11.1 Å². The number of carbonyl (C=O) groups is 1. The number of amides is 1. The normalized spacial score (nSPS) is 26.0. The van der Waals surface area contributed by atoms with E-state index in [1.54, 1.807) is 18.7 Å². The molecule has 1 rings (SSSR count). The first-order valence-corrected chi connectivity index (χ1v) is 5.70. The van der Waals surface area contributed by atoms with Crippen LogP contribution in [0.15, 0.2) is 0 Å². The molecule has 0 aliphatic carbocycles. The Hall–Kier alpha value is -0.610. The number of rotatable bonds is 0. The third-order valence-corrected chi connectivity index (χ3v) is 3.18.